The fourth-order valence-electron chi connectivity index (χ4n) is 0.606. The summed E-state index contributed by atoms with van der Waals surface area (Å²) in [6.07, 6.45) is 8.17. The number of rotatable bonds is 5. The molecule has 0 heterocycles. The van der Waals surface area contributed by atoms with E-state index in [0.717, 1.165) is 12.1 Å². The van der Waals surface area contributed by atoms with Gasteiger partial charge in [0.1, 0.15) is 0 Å². The maximum Gasteiger partial charge on any atom is 0.0137 e. The lowest BCUT2D eigenvalue weighted by Crippen LogP contribution is -2.07. The van der Waals surface area contributed by atoms with Crippen molar-refractivity contribution in [3.8, 4) is 0 Å². The Morgan fingerprint density at radius 2 is 2.09 bits per heavy atom. The molecule has 0 radical (unpaired) electrons. The van der Waals surface area contributed by atoms with Crippen molar-refractivity contribution in [2.45, 2.75) is 6.42 Å². The van der Waals surface area contributed by atoms with E-state index in [2.05, 4.69) is 19.7 Å². The van der Waals surface area contributed by atoms with Gasteiger partial charge in [0.15, 0.2) is 0 Å². The van der Waals surface area contributed by atoms with Crippen LogP contribution in [0, 0.1) is 0 Å². The summed E-state index contributed by atoms with van der Waals surface area (Å²) in [4.78, 5) is 1.95. The Bertz CT molecular complexity index is 177. The minimum absolute atomic E-state index is 0.817. The smallest absolute Gasteiger partial charge is 0.0137 e. The van der Waals surface area contributed by atoms with Crippen LogP contribution in [0.3, 0.4) is 0 Å². The third-order valence-electron chi connectivity index (χ3n) is 1.32. The molecule has 60 valence electrons. The van der Waals surface area contributed by atoms with Gasteiger partial charge >= 0.3 is 0 Å². The second kappa shape index (κ2) is 5.54. The van der Waals surface area contributed by atoms with Crippen molar-refractivity contribution >= 4 is 0 Å². The second-order valence-electron chi connectivity index (χ2n) is 2.25. The first kappa shape index (κ1) is 9.76. The molecule has 0 aromatic carbocycles. The van der Waals surface area contributed by atoms with Crippen LogP contribution in [0.2, 0.25) is 0 Å². The Labute approximate surface area is 69.0 Å². The van der Waals surface area contributed by atoms with Crippen molar-refractivity contribution in [3.05, 3.63) is 49.9 Å². The maximum atomic E-state index is 3.87. The molecule has 11 heavy (non-hydrogen) atoms. The summed E-state index contributed by atoms with van der Waals surface area (Å²) < 4.78 is 0. The van der Waals surface area contributed by atoms with E-state index in [1.165, 1.54) is 0 Å². The predicted molar refractivity (Wildman–Crippen MR) is 51.1 cm³/mol. The summed E-state index contributed by atoms with van der Waals surface area (Å²) >= 11 is 0. The quantitative estimate of drug-likeness (QED) is 0.429. The van der Waals surface area contributed by atoms with Crippen LogP contribution < -0.4 is 0 Å². The van der Waals surface area contributed by atoms with Gasteiger partial charge in [0.25, 0.3) is 0 Å². The lowest BCUT2D eigenvalue weighted by molar-refractivity contribution is 0.559. The molecule has 0 aliphatic carbocycles. The molecule has 0 fully saturated rings. The Kier molecular flexibility index (Phi) is 4.91. The molecule has 0 bridgehead atoms. The third kappa shape index (κ3) is 4.20. The van der Waals surface area contributed by atoms with Crippen LogP contribution in [-0.2, 0) is 0 Å². The average molecular weight is 149 g/mol. The van der Waals surface area contributed by atoms with Gasteiger partial charge in [0.05, 0.1) is 0 Å². The Morgan fingerprint density at radius 3 is 2.55 bits per heavy atom. The summed E-state index contributed by atoms with van der Waals surface area (Å²) in [6.45, 7) is 11.1. The summed E-state index contributed by atoms with van der Waals surface area (Å²) in [6, 6.07) is 0. The monoisotopic (exact) mass is 149 g/mol. The second-order valence-corrected chi connectivity index (χ2v) is 2.25. The van der Waals surface area contributed by atoms with Gasteiger partial charge < -0.3 is 4.90 Å². The van der Waals surface area contributed by atoms with Gasteiger partial charge in [-0.1, -0.05) is 25.3 Å². The highest BCUT2D eigenvalue weighted by Crippen LogP contribution is 2.04. The van der Waals surface area contributed by atoms with E-state index < -0.39 is 0 Å². The van der Waals surface area contributed by atoms with Crippen LogP contribution >= 0.6 is 0 Å². The highest BCUT2D eigenvalue weighted by molar-refractivity contribution is 5.06. The minimum atomic E-state index is 0.817. The topological polar surface area (TPSA) is 3.24 Å². The van der Waals surface area contributed by atoms with Gasteiger partial charge in [-0.3, -0.25) is 0 Å². The fourth-order valence-corrected chi connectivity index (χ4v) is 0.606. The highest BCUT2D eigenvalue weighted by Gasteiger charge is 1.92. The first-order valence-electron chi connectivity index (χ1n) is 3.53. The van der Waals surface area contributed by atoms with E-state index in [-0.39, 0.29) is 0 Å². The van der Waals surface area contributed by atoms with Crippen molar-refractivity contribution in [3.63, 3.8) is 0 Å². The molecule has 0 unspecified atom stereocenters. The predicted octanol–water partition coefficient (Wildman–Crippen LogP) is 2.71. The van der Waals surface area contributed by atoms with Crippen molar-refractivity contribution in [2.24, 2.45) is 0 Å². The standard InChI is InChI=1S/C10H15N/c1-5-7-9-11(4)10(3)8-6-2/h5-7,9H,1-3,8H2,4H3/b9-7+. The van der Waals surface area contributed by atoms with Crippen LogP contribution in [0.1, 0.15) is 6.42 Å². The molecule has 0 atom stereocenters. The molecule has 0 aliphatic rings. The van der Waals surface area contributed by atoms with Gasteiger partial charge in [0.2, 0.25) is 0 Å². The Morgan fingerprint density at radius 1 is 1.45 bits per heavy atom. The van der Waals surface area contributed by atoms with Crippen LogP contribution in [0.4, 0.5) is 0 Å². The molecule has 0 N–H and O–H groups in total. The summed E-state index contributed by atoms with van der Waals surface area (Å²) in [5, 5.41) is 0. The normalized spacial score (nSPS) is 9.55. The highest BCUT2D eigenvalue weighted by atomic mass is 15.1. The largest absolute Gasteiger partial charge is 0.355 e. The van der Waals surface area contributed by atoms with E-state index in [9.17, 15) is 0 Å². The van der Waals surface area contributed by atoms with Crippen molar-refractivity contribution < 1.29 is 0 Å². The van der Waals surface area contributed by atoms with Gasteiger partial charge in [-0.05, 0) is 6.08 Å². The SMILES string of the molecule is C=C/C=C/N(C)C(=C)CC=C. The molecule has 0 amide bonds. The summed E-state index contributed by atoms with van der Waals surface area (Å²) in [5.74, 6) is 0. The van der Waals surface area contributed by atoms with Crippen LogP contribution in [0.5, 0.6) is 0 Å². The molecule has 0 saturated heterocycles. The lowest BCUT2D eigenvalue weighted by atomic mass is 10.3. The van der Waals surface area contributed by atoms with Gasteiger partial charge in [0, 0.05) is 25.4 Å². The van der Waals surface area contributed by atoms with Gasteiger partial charge in [-0.2, -0.15) is 0 Å². The zero-order valence-corrected chi connectivity index (χ0v) is 7.09. The first-order valence-corrected chi connectivity index (χ1v) is 3.53. The van der Waals surface area contributed by atoms with Gasteiger partial charge in [-0.15, -0.1) is 6.58 Å². The van der Waals surface area contributed by atoms with Crippen molar-refractivity contribution in [1.82, 2.24) is 4.90 Å². The zero-order chi connectivity index (χ0) is 8.69. The maximum absolute atomic E-state index is 3.87. The number of allylic oxidation sites excluding steroid dienone is 3. The molecule has 1 nitrogen and oxygen atoms in total. The zero-order valence-electron chi connectivity index (χ0n) is 7.09. The number of hydrogen-bond acceptors (Lipinski definition) is 1. The third-order valence-corrected chi connectivity index (χ3v) is 1.32. The lowest BCUT2D eigenvalue weighted by Gasteiger charge is -2.14. The molecular weight excluding hydrogens is 134 g/mol. The van der Waals surface area contributed by atoms with E-state index in [4.69, 9.17) is 0 Å². The number of nitrogens with zero attached hydrogens (tertiary/aromatic N) is 1. The van der Waals surface area contributed by atoms with E-state index in [1.54, 1.807) is 6.08 Å². The van der Waals surface area contributed by atoms with Crippen LogP contribution in [-0.4, -0.2) is 11.9 Å². The summed E-state index contributed by atoms with van der Waals surface area (Å²) in [5.41, 5.74) is 1.03. The van der Waals surface area contributed by atoms with Crippen molar-refractivity contribution in [1.29, 1.82) is 0 Å². The van der Waals surface area contributed by atoms with Crippen molar-refractivity contribution in [2.75, 3.05) is 7.05 Å². The van der Waals surface area contributed by atoms with E-state index in [1.807, 2.05) is 30.3 Å². The van der Waals surface area contributed by atoms with Crippen LogP contribution in [0.25, 0.3) is 0 Å². The molecule has 1 heteroatoms. The van der Waals surface area contributed by atoms with Crippen LogP contribution in [0.15, 0.2) is 49.9 Å². The molecule has 0 saturated carbocycles. The Balaban J connectivity index is 3.90. The minimum Gasteiger partial charge on any atom is -0.355 e. The van der Waals surface area contributed by atoms with E-state index in [0.29, 0.717) is 0 Å². The molecule has 0 spiro atoms. The Hall–Kier alpha value is -1.24. The molecular formula is C10H15N. The molecule has 0 aromatic heterocycles. The number of hydrogen-bond donors (Lipinski definition) is 0. The van der Waals surface area contributed by atoms with E-state index >= 15 is 0 Å². The average Bonchev–Trinajstić information content (AvgIpc) is 2.00. The fraction of sp³-hybridized carbons (Fsp3) is 0.200. The molecule has 0 aliphatic heterocycles. The molecule has 0 rings (SSSR count). The first-order chi connectivity index (χ1) is 5.22. The molecule has 0 aromatic rings. The summed E-state index contributed by atoms with van der Waals surface area (Å²) in [7, 11) is 1.95. The van der Waals surface area contributed by atoms with Gasteiger partial charge in [-0.25, -0.2) is 0 Å².